The fourth-order valence-corrected chi connectivity index (χ4v) is 4.54. The monoisotopic (exact) mass is 507 g/mol. The second-order valence-corrected chi connectivity index (χ2v) is 10.3. The van der Waals surface area contributed by atoms with Crippen LogP contribution in [0.25, 0.3) is 11.1 Å². The van der Waals surface area contributed by atoms with Crippen LogP contribution in [0.3, 0.4) is 0 Å². The van der Waals surface area contributed by atoms with Crippen molar-refractivity contribution in [1.29, 1.82) is 0 Å². The number of rotatable bonds is 12. The lowest BCUT2D eigenvalue weighted by atomic mass is 9.93. The van der Waals surface area contributed by atoms with Crippen molar-refractivity contribution in [3.8, 4) is 11.1 Å². The Labute approximate surface area is 219 Å². The highest BCUT2D eigenvalue weighted by Gasteiger charge is 2.21. The largest absolute Gasteiger partial charge is 0.478 e. The highest BCUT2D eigenvalue weighted by molar-refractivity contribution is 5.90. The van der Waals surface area contributed by atoms with E-state index in [1.165, 1.54) is 0 Å². The number of carbonyl (C=O) groups is 1. The number of carboxylic acid groups (broad SMARTS) is 1. The van der Waals surface area contributed by atoms with Crippen molar-refractivity contribution in [2.45, 2.75) is 65.2 Å². The number of halogens is 1. The Hall–Kier alpha value is -3.06. The van der Waals surface area contributed by atoms with Crippen molar-refractivity contribution in [2.75, 3.05) is 13.2 Å². The maximum Gasteiger partial charge on any atom is 0.335 e. The first-order valence-electron chi connectivity index (χ1n) is 12.8. The molecule has 5 nitrogen and oxygen atoms in total. The molecule has 198 valence electrons. The van der Waals surface area contributed by atoms with Crippen LogP contribution in [0.15, 0.2) is 60.7 Å². The van der Waals surface area contributed by atoms with E-state index in [1.807, 2.05) is 76.2 Å². The number of aryl methyl sites for hydroxylation is 2. The van der Waals surface area contributed by atoms with Crippen molar-refractivity contribution in [1.82, 2.24) is 5.32 Å². The van der Waals surface area contributed by atoms with Crippen LogP contribution in [0.4, 0.5) is 4.39 Å². The number of β-amino-alcohol motifs (C(OH)–C–C–N with tert-alkyl or cyclic N) is 1. The summed E-state index contributed by atoms with van der Waals surface area (Å²) < 4.78 is 20.2. The summed E-state index contributed by atoms with van der Waals surface area (Å²) in [6, 6.07) is 18.5. The van der Waals surface area contributed by atoms with Gasteiger partial charge in [-0.25, -0.2) is 9.18 Å². The first kappa shape index (κ1) is 28.5. The fourth-order valence-electron chi connectivity index (χ4n) is 4.54. The summed E-state index contributed by atoms with van der Waals surface area (Å²) >= 11 is 0. The zero-order valence-corrected chi connectivity index (χ0v) is 22.3. The van der Waals surface area contributed by atoms with E-state index in [-0.39, 0.29) is 29.6 Å². The molecule has 0 unspecified atom stereocenters. The van der Waals surface area contributed by atoms with E-state index in [4.69, 9.17) is 4.74 Å². The molecule has 6 heteroatoms. The molecular formula is C31H38FNO4. The van der Waals surface area contributed by atoms with Gasteiger partial charge in [0.1, 0.15) is 5.82 Å². The summed E-state index contributed by atoms with van der Waals surface area (Å²) in [5.74, 6) is -1.12. The molecule has 0 saturated heterocycles. The van der Waals surface area contributed by atoms with Crippen LogP contribution in [0, 0.1) is 12.7 Å². The third-order valence-electron chi connectivity index (χ3n) is 6.67. The Balaban J connectivity index is 1.58. The smallest absolute Gasteiger partial charge is 0.335 e. The predicted octanol–water partition coefficient (Wildman–Crippen LogP) is 6.11. The van der Waals surface area contributed by atoms with Gasteiger partial charge in [0, 0.05) is 12.1 Å². The Morgan fingerprint density at radius 1 is 1.11 bits per heavy atom. The van der Waals surface area contributed by atoms with Crippen LogP contribution < -0.4 is 5.32 Å². The van der Waals surface area contributed by atoms with Gasteiger partial charge < -0.3 is 20.3 Å². The number of aromatic carboxylic acids is 1. The van der Waals surface area contributed by atoms with E-state index in [1.54, 1.807) is 19.1 Å². The summed E-state index contributed by atoms with van der Waals surface area (Å²) in [7, 11) is 0. The molecule has 37 heavy (non-hydrogen) atoms. The molecule has 3 aromatic rings. The number of benzene rings is 3. The number of hydrogen-bond donors (Lipinski definition) is 3. The molecule has 3 aromatic carbocycles. The van der Waals surface area contributed by atoms with Gasteiger partial charge >= 0.3 is 5.97 Å². The zero-order chi connectivity index (χ0) is 27.2. The summed E-state index contributed by atoms with van der Waals surface area (Å²) in [5, 5.41) is 23.3. The molecule has 0 radical (unpaired) electrons. The quantitative estimate of drug-likeness (QED) is 0.276. The number of aliphatic hydroxyl groups is 1. The SMILES string of the molecule is CCc1ccc(CC(C)(C)NC[C@@H](O)CO[C@H](C)c2ccccc2-c2ccc(C(=O)O)c(C)c2)cc1F. The second kappa shape index (κ2) is 12.5. The highest BCUT2D eigenvalue weighted by Crippen LogP contribution is 2.31. The first-order chi connectivity index (χ1) is 17.5. The molecule has 0 spiro atoms. The lowest BCUT2D eigenvalue weighted by Gasteiger charge is -2.28. The van der Waals surface area contributed by atoms with E-state index in [2.05, 4.69) is 5.32 Å². The number of nitrogens with one attached hydrogen (secondary N) is 1. The maximum atomic E-state index is 14.2. The highest BCUT2D eigenvalue weighted by atomic mass is 19.1. The molecule has 0 bridgehead atoms. The molecule has 0 aliphatic rings. The van der Waals surface area contributed by atoms with E-state index in [0.717, 1.165) is 22.3 Å². The summed E-state index contributed by atoms with van der Waals surface area (Å²) in [6.07, 6.45) is 0.300. The van der Waals surface area contributed by atoms with Gasteiger partial charge in [0.05, 0.1) is 24.4 Å². The van der Waals surface area contributed by atoms with Crippen LogP contribution in [0.2, 0.25) is 0 Å². The van der Waals surface area contributed by atoms with Crippen LogP contribution in [-0.2, 0) is 17.6 Å². The fraction of sp³-hybridized carbons (Fsp3) is 0.387. The number of carboxylic acids is 1. The third-order valence-corrected chi connectivity index (χ3v) is 6.67. The van der Waals surface area contributed by atoms with E-state index >= 15 is 0 Å². The van der Waals surface area contributed by atoms with E-state index < -0.39 is 12.1 Å². The van der Waals surface area contributed by atoms with Crippen molar-refractivity contribution >= 4 is 5.97 Å². The molecule has 0 heterocycles. The molecule has 0 saturated carbocycles. The minimum atomic E-state index is -0.943. The summed E-state index contributed by atoms with van der Waals surface area (Å²) in [6.45, 7) is 10.2. The van der Waals surface area contributed by atoms with Gasteiger partial charge in [-0.15, -0.1) is 0 Å². The molecule has 3 rings (SSSR count). The van der Waals surface area contributed by atoms with Gasteiger partial charge in [-0.05, 0) is 86.1 Å². The van der Waals surface area contributed by atoms with Gasteiger partial charge in [-0.3, -0.25) is 0 Å². The number of hydrogen-bond acceptors (Lipinski definition) is 4. The van der Waals surface area contributed by atoms with E-state index in [9.17, 15) is 19.4 Å². The van der Waals surface area contributed by atoms with Crippen LogP contribution in [0.5, 0.6) is 0 Å². The number of ether oxygens (including phenoxy) is 1. The molecule has 3 N–H and O–H groups in total. The van der Waals surface area contributed by atoms with Gasteiger partial charge in [0.25, 0.3) is 0 Å². The zero-order valence-electron chi connectivity index (χ0n) is 22.3. The average Bonchev–Trinajstić information content (AvgIpc) is 2.85. The van der Waals surface area contributed by atoms with Gasteiger partial charge in [0.15, 0.2) is 0 Å². The molecule has 2 atom stereocenters. The molecule has 0 aromatic heterocycles. The van der Waals surface area contributed by atoms with Crippen molar-refractivity contribution < 1.29 is 24.1 Å². The maximum absolute atomic E-state index is 14.2. The Bertz CT molecular complexity index is 1220. The standard InChI is InChI=1S/C31H38FNO4/c1-6-23-12-11-22(16-29(23)32)17-31(4,5)33-18-25(34)19-37-21(3)27-9-7-8-10-28(27)24-13-14-26(30(35)36)20(2)15-24/h7-16,21,25,33-34H,6,17-19H2,1-5H3,(H,35,36)/t21-,25-/m1/s1. The van der Waals surface area contributed by atoms with Gasteiger partial charge in [0.2, 0.25) is 0 Å². The molecule has 0 fully saturated rings. The lowest BCUT2D eigenvalue weighted by Crippen LogP contribution is -2.46. The molecule has 0 amide bonds. The average molecular weight is 508 g/mol. The Morgan fingerprint density at radius 2 is 1.84 bits per heavy atom. The molecule has 0 aliphatic carbocycles. The van der Waals surface area contributed by atoms with Crippen LogP contribution >= 0.6 is 0 Å². The van der Waals surface area contributed by atoms with Crippen LogP contribution in [-0.4, -0.2) is 41.0 Å². The first-order valence-corrected chi connectivity index (χ1v) is 12.8. The van der Waals surface area contributed by atoms with Crippen molar-refractivity contribution in [3.63, 3.8) is 0 Å². The normalized spacial score (nSPS) is 13.4. The number of aliphatic hydroxyl groups excluding tert-OH is 1. The minimum Gasteiger partial charge on any atom is -0.478 e. The Kier molecular flexibility index (Phi) is 9.60. The second-order valence-electron chi connectivity index (χ2n) is 10.3. The molecule has 0 aliphatic heterocycles. The van der Waals surface area contributed by atoms with Crippen LogP contribution in [0.1, 0.15) is 66.4 Å². The summed E-state index contributed by atoms with van der Waals surface area (Å²) in [4.78, 5) is 11.4. The van der Waals surface area contributed by atoms with E-state index in [0.29, 0.717) is 30.5 Å². The van der Waals surface area contributed by atoms with Crippen molar-refractivity contribution in [2.24, 2.45) is 0 Å². The third kappa shape index (κ3) is 7.71. The molecular weight excluding hydrogens is 469 g/mol. The van der Waals surface area contributed by atoms with Gasteiger partial charge in [-0.2, -0.15) is 0 Å². The van der Waals surface area contributed by atoms with Crippen molar-refractivity contribution in [3.05, 3.63) is 94.3 Å². The van der Waals surface area contributed by atoms with Gasteiger partial charge in [-0.1, -0.05) is 55.5 Å². The lowest BCUT2D eigenvalue weighted by molar-refractivity contribution is -0.00397. The Morgan fingerprint density at radius 3 is 2.49 bits per heavy atom. The predicted molar refractivity (Wildman–Crippen MR) is 146 cm³/mol. The summed E-state index contributed by atoms with van der Waals surface area (Å²) in [5.41, 5.74) is 5.11. The topological polar surface area (TPSA) is 78.8 Å². The minimum absolute atomic E-state index is 0.148.